The number of hydrogen-bond acceptors (Lipinski definition) is 3. The van der Waals surface area contributed by atoms with Gasteiger partial charge in [0, 0.05) is 6.54 Å². The smallest absolute Gasteiger partial charge is 0.239 e. The van der Waals surface area contributed by atoms with Crippen LogP contribution in [0.3, 0.4) is 0 Å². The van der Waals surface area contributed by atoms with Gasteiger partial charge in [0.1, 0.15) is 0 Å². The van der Waals surface area contributed by atoms with Crippen LogP contribution >= 0.6 is 12.4 Å². The molecule has 17 heavy (non-hydrogen) atoms. The van der Waals surface area contributed by atoms with Gasteiger partial charge in [0.25, 0.3) is 0 Å². The van der Waals surface area contributed by atoms with Crippen LogP contribution in [0.2, 0.25) is 0 Å². The Bertz CT molecular complexity index is 223. The van der Waals surface area contributed by atoms with E-state index in [4.69, 9.17) is 5.73 Å². The monoisotopic (exact) mass is 266 g/mol. The number of aliphatic hydroxyl groups is 1. The van der Waals surface area contributed by atoms with Gasteiger partial charge in [-0.15, -0.1) is 12.4 Å². The number of carbonyl (C=O) groups is 1. The van der Waals surface area contributed by atoms with Crippen molar-refractivity contribution in [2.24, 2.45) is 11.7 Å². The second-order valence-electron chi connectivity index (χ2n) is 4.83. The summed E-state index contributed by atoms with van der Waals surface area (Å²) in [4.78, 5) is 11.7. The number of aliphatic hydroxyl groups excluding tert-OH is 1. The van der Waals surface area contributed by atoms with E-state index in [-0.39, 0.29) is 30.8 Å². The van der Waals surface area contributed by atoms with Gasteiger partial charge in [-0.25, -0.2) is 0 Å². The molecule has 0 heterocycles. The minimum Gasteiger partial charge on any atom is -0.391 e. The van der Waals surface area contributed by atoms with Gasteiger partial charge >= 0.3 is 0 Å². The van der Waals surface area contributed by atoms with E-state index in [2.05, 4.69) is 5.32 Å². The second-order valence-corrected chi connectivity index (χ2v) is 4.83. The highest BCUT2D eigenvalue weighted by atomic mass is 35.5. The molecule has 0 aromatic heterocycles. The summed E-state index contributed by atoms with van der Waals surface area (Å²) in [6.07, 6.45) is 1.92. The topological polar surface area (TPSA) is 75.4 Å². The van der Waals surface area contributed by atoms with E-state index < -0.39 is 11.6 Å². The van der Waals surface area contributed by atoms with Gasteiger partial charge in [0.05, 0.1) is 11.6 Å². The summed E-state index contributed by atoms with van der Waals surface area (Å²) in [5.74, 6) is 0.00667. The third-order valence-electron chi connectivity index (χ3n) is 3.06. The lowest BCUT2D eigenvalue weighted by Crippen LogP contribution is -2.53. The first-order chi connectivity index (χ1) is 7.35. The minimum atomic E-state index is -0.829. The molecule has 0 saturated heterocycles. The van der Waals surface area contributed by atoms with Gasteiger partial charge in [0.2, 0.25) is 5.91 Å². The van der Waals surface area contributed by atoms with E-state index in [0.29, 0.717) is 6.42 Å². The van der Waals surface area contributed by atoms with Gasteiger partial charge < -0.3 is 16.2 Å². The molecule has 0 aromatic carbocycles. The van der Waals surface area contributed by atoms with Gasteiger partial charge in [-0.05, 0) is 19.3 Å². The molecular formula is C12H27ClN2O2. The zero-order valence-corrected chi connectivity index (χ0v) is 12.1. The molecule has 5 heteroatoms. The number of hydrogen-bond donors (Lipinski definition) is 3. The number of amides is 1. The molecule has 0 spiro atoms. The van der Waals surface area contributed by atoms with Crippen LogP contribution in [-0.4, -0.2) is 29.2 Å². The van der Waals surface area contributed by atoms with Crippen molar-refractivity contribution in [1.29, 1.82) is 0 Å². The predicted octanol–water partition coefficient (Wildman–Crippen LogP) is 1.45. The fourth-order valence-corrected chi connectivity index (χ4v) is 1.51. The SMILES string of the molecule is CCCC(C)(N)C(=O)NCC(O)C(C)CC.Cl. The highest BCUT2D eigenvalue weighted by Gasteiger charge is 2.27. The average Bonchev–Trinajstić information content (AvgIpc) is 2.23. The average molecular weight is 267 g/mol. The number of carbonyl (C=O) groups excluding carboxylic acids is 1. The summed E-state index contributed by atoms with van der Waals surface area (Å²) < 4.78 is 0. The third kappa shape index (κ3) is 6.86. The Labute approximate surface area is 111 Å². The van der Waals surface area contributed by atoms with Crippen molar-refractivity contribution < 1.29 is 9.90 Å². The quantitative estimate of drug-likeness (QED) is 0.653. The largest absolute Gasteiger partial charge is 0.391 e. The lowest BCUT2D eigenvalue weighted by Gasteiger charge is -2.25. The molecule has 0 aliphatic heterocycles. The Morgan fingerprint density at radius 3 is 2.41 bits per heavy atom. The van der Waals surface area contributed by atoms with Gasteiger partial charge in [-0.1, -0.05) is 33.6 Å². The van der Waals surface area contributed by atoms with E-state index in [0.717, 1.165) is 12.8 Å². The van der Waals surface area contributed by atoms with E-state index in [1.807, 2.05) is 20.8 Å². The fraction of sp³-hybridized carbons (Fsp3) is 0.917. The van der Waals surface area contributed by atoms with E-state index in [9.17, 15) is 9.90 Å². The molecular weight excluding hydrogens is 240 g/mol. The summed E-state index contributed by atoms with van der Waals surface area (Å²) in [7, 11) is 0. The lowest BCUT2D eigenvalue weighted by molar-refractivity contribution is -0.126. The molecule has 1 amide bonds. The summed E-state index contributed by atoms with van der Waals surface area (Å²) in [6, 6.07) is 0. The molecule has 0 aliphatic carbocycles. The maximum Gasteiger partial charge on any atom is 0.239 e. The maximum absolute atomic E-state index is 11.7. The summed E-state index contributed by atoms with van der Waals surface area (Å²) in [6.45, 7) is 7.97. The zero-order chi connectivity index (χ0) is 12.8. The minimum absolute atomic E-state index is 0. The highest BCUT2D eigenvalue weighted by molar-refractivity contribution is 5.85. The molecule has 3 atom stereocenters. The number of nitrogens with one attached hydrogen (secondary N) is 1. The van der Waals surface area contributed by atoms with Crippen LogP contribution in [0.5, 0.6) is 0 Å². The second kappa shape index (κ2) is 8.72. The molecule has 0 radical (unpaired) electrons. The standard InChI is InChI=1S/C12H26N2O2.ClH/c1-5-7-12(4,13)11(16)14-8-10(15)9(3)6-2;/h9-10,15H,5-8,13H2,1-4H3,(H,14,16);1H. The molecule has 0 aliphatic rings. The molecule has 3 unspecified atom stereocenters. The van der Waals surface area contributed by atoms with Crippen LogP contribution in [-0.2, 0) is 4.79 Å². The molecule has 4 nitrogen and oxygen atoms in total. The predicted molar refractivity (Wildman–Crippen MR) is 73.2 cm³/mol. The summed E-state index contributed by atoms with van der Waals surface area (Å²) in [5, 5.41) is 12.4. The van der Waals surface area contributed by atoms with Crippen LogP contribution < -0.4 is 11.1 Å². The van der Waals surface area contributed by atoms with Crippen LogP contribution in [0.25, 0.3) is 0 Å². The van der Waals surface area contributed by atoms with Crippen LogP contribution in [0, 0.1) is 5.92 Å². The first-order valence-corrected chi connectivity index (χ1v) is 6.10. The normalized spacial score (nSPS) is 17.5. The van der Waals surface area contributed by atoms with Crippen molar-refractivity contribution in [3.63, 3.8) is 0 Å². The first kappa shape index (κ1) is 19.0. The number of nitrogens with two attached hydrogens (primary N) is 1. The molecule has 0 bridgehead atoms. The van der Waals surface area contributed by atoms with Gasteiger partial charge in [-0.3, -0.25) is 4.79 Å². The number of halogens is 1. The van der Waals surface area contributed by atoms with Crippen molar-refractivity contribution in [2.75, 3.05) is 6.54 Å². The fourth-order valence-electron chi connectivity index (χ4n) is 1.51. The van der Waals surface area contributed by atoms with Crippen molar-refractivity contribution in [3.8, 4) is 0 Å². The Balaban J connectivity index is 0. The van der Waals surface area contributed by atoms with E-state index in [1.54, 1.807) is 6.92 Å². The lowest BCUT2D eigenvalue weighted by atomic mass is 9.96. The molecule has 4 N–H and O–H groups in total. The van der Waals surface area contributed by atoms with E-state index >= 15 is 0 Å². The van der Waals surface area contributed by atoms with Crippen molar-refractivity contribution >= 4 is 18.3 Å². The molecule has 0 saturated carbocycles. The molecule has 0 fully saturated rings. The maximum atomic E-state index is 11.7. The Morgan fingerprint density at radius 2 is 2.00 bits per heavy atom. The van der Waals surface area contributed by atoms with Gasteiger partial charge in [0.15, 0.2) is 0 Å². The summed E-state index contributed by atoms with van der Waals surface area (Å²) in [5.41, 5.74) is 5.04. The van der Waals surface area contributed by atoms with Crippen molar-refractivity contribution in [1.82, 2.24) is 5.32 Å². The summed E-state index contributed by atoms with van der Waals surface area (Å²) >= 11 is 0. The Hall–Kier alpha value is -0.320. The van der Waals surface area contributed by atoms with Crippen LogP contribution in [0.15, 0.2) is 0 Å². The Morgan fingerprint density at radius 1 is 1.47 bits per heavy atom. The number of rotatable bonds is 7. The molecule has 0 rings (SSSR count). The van der Waals surface area contributed by atoms with E-state index in [1.165, 1.54) is 0 Å². The van der Waals surface area contributed by atoms with Gasteiger partial charge in [-0.2, -0.15) is 0 Å². The highest BCUT2D eigenvalue weighted by Crippen LogP contribution is 2.10. The first-order valence-electron chi connectivity index (χ1n) is 6.10. The van der Waals surface area contributed by atoms with Crippen LogP contribution in [0.1, 0.15) is 47.0 Å². The van der Waals surface area contributed by atoms with Crippen LogP contribution in [0.4, 0.5) is 0 Å². The Kier molecular flexibility index (Phi) is 9.77. The van der Waals surface area contributed by atoms with Crippen molar-refractivity contribution in [2.45, 2.75) is 58.6 Å². The molecule has 104 valence electrons. The molecule has 0 aromatic rings. The zero-order valence-electron chi connectivity index (χ0n) is 11.3. The third-order valence-corrected chi connectivity index (χ3v) is 3.06. The van der Waals surface area contributed by atoms with Crippen molar-refractivity contribution in [3.05, 3.63) is 0 Å².